The molecule has 2 heteroatoms. The van der Waals surface area contributed by atoms with E-state index < -0.39 is 0 Å². The first-order chi connectivity index (χ1) is 6.69. The molecule has 0 spiro atoms. The molecule has 0 aromatic carbocycles. The topological polar surface area (TPSA) is 40.5 Å². The van der Waals surface area contributed by atoms with E-state index in [0.29, 0.717) is 5.92 Å². The van der Waals surface area contributed by atoms with Crippen molar-refractivity contribution in [1.29, 1.82) is 0 Å². The molecule has 14 heavy (non-hydrogen) atoms. The fourth-order valence-corrected chi connectivity index (χ4v) is 2.64. The summed E-state index contributed by atoms with van der Waals surface area (Å²) in [7, 11) is 0. The van der Waals surface area contributed by atoms with Gasteiger partial charge in [0.05, 0.1) is 0 Å². The maximum Gasteiger partial charge on any atom is 0.0483 e. The molecule has 1 fully saturated rings. The lowest BCUT2D eigenvalue weighted by Gasteiger charge is -2.34. The monoisotopic (exact) mass is 200 g/mol. The zero-order valence-electron chi connectivity index (χ0n) is 9.45. The minimum atomic E-state index is 0.128. The molecule has 0 saturated heterocycles. The Hall–Kier alpha value is -0.0800. The number of aliphatic hydroxyl groups is 2. The summed E-state index contributed by atoms with van der Waals surface area (Å²) in [6.07, 6.45) is 4.93. The highest BCUT2D eigenvalue weighted by Crippen LogP contribution is 2.36. The van der Waals surface area contributed by atoms with E-state index >= 15 is 0 Å². The van der Waals surface area contributed by atoms with Crippen LogP contribution in [0.4, 0.5) is 0 Å². The van der Waals surface area contributed by atoms with Crippen molar-refractivity contribution in [3.05, 3.63) is 0 Å². The molecule has 0 aromatic heterocycles. The predicted molar refractivity (Wildman–Crippen MR) is 57.9 cm³/mol. The fraction of sp³-hybridized carbons (Fsp3) is 1.00. The van der Waals surface area contributed by atoms with Crippen LogP contribution in [0.5, 0.6) is 0 Å². The molecule has 0 amide bonds. The van der Waals surface area contributed by atoms with E-state index in [1.54, 1.807) is 0 Å². The SMILES string of the molecule is CC(C)C1CCC(C(CO)CO)CC1. The lowest BCUT2D eigenvalue weighted by Crippen LogP contribution is -2.28. The van der Waals surface area contributed by atoms with Gasteiger partial charge in [-0.1, -0.05) is 13.8 Å². The summed E-state index contributed by atoms with van der Waals surface area (Å²) in [6, 6.07) is 0. The molecule has 0 heterocycles. The van der Waals surface area contributed by atoms with Gasteiger partial charge in [-0.2, -0.15) is 0 Å². The maximum atomic E-state index is 9.09. The van der Waals surface area contributed by atoms with Crippen LogP contribution in [0.15, 0.2) is 0 Å². The third-order valence-corrected chi connectivity index (χ3v) is 3.89. The molecule has 2 nitrogen and oxygen atoms in total. The maximum absolute atomic E-state index is 9.09. The van der Waals surface area contributed by atoms with Gasteiger partial charge in [-0.3, -0.25) is 0 Å². The van der Waals surface area contributed by atoms with Crippen LogP contribution in [-0.4, -0.2) is 23.4 Å². The Morgan fingerprint density at radius 2 is 1.36 bits per heavy atom. The summed E-state index contributed by atoms with van der Waals surface area (Å²) in [5.41, 5.74) is 0. The zero-order chi connectivity index (χ0) is 10.6. The van der Waals surface area contributed by atoms with E-state index in [1.165, 1.54) is 25.7 Å². The molecule has 2 N–H and O–H groups in total. The third-order valence-electron chi connectivity index (χ3n) is 3.89. The van der Waals surface area contributed by atoms with Crippen LogP contribution >= 0.6 is 0 Å². The van der Waals surface area contributed by atoms with Gasteiger partial charge in [0.1, 0.15) is 0 Å². The largest absolute Gasteiger partial charge is 0.396 e. The zero-order valence-corrected chi connectivity index (χ0v) is 9.45. The van der Waals surface area contributed by atoms with Crippen molar-refractivity contribution in [2.75, 3.05) is 13.2 Å². The van der Waals surface area contributed by atoms with Gasteiger partial charge in [0.2, 0.25) is 0 Å². The second-order valence-electron chi connectivity index (χ2n) is 5.04. The van der Waals surface area contributed by atoms with Crippen molar-refractivity contribution in [3.8, 4) is 0 Å². The third kappa shape index (κ3) is 2.96. The highest BCUT2D eigenvalue weighted by atomic mass is 16.3. The first kappa shape index (κ1) is 12.0. The van der Waals surface area contributed by atoms with Crippen LogP contribution in [0.2, 0.25) is 0 Å². The molecular weight excluding hydrogens is 176 g/mol. The lowest BCUT2D eigenvalue weighted by molar-refractivity contribution is 0.0738. The van der Waals surface area contributed by atoms with Gasteiger partial charge in [0.25, 0.3) is 0 Å². The van der Waals surface area contributed by atoms with Crippen LogP contribution in [0.1, 0.15) is 39.5 Å². The van der Waals surface area contributed by atoms with Gasteiger partial charge < -0.3 is 10.2 Å². The van der Waals surface area contributed by atoms with Gasteiger partial charge in [0, 0.05) is 19.1 Å². The average molecular weight is 200 g/mol. The van der Waals surface area contributed by atoms with Crippen molar-refractivity contribution in [2.24, 2.45) is 23.7 Å². The fourth-order valence-electron chi connectivity index (χ4n) is 2.64. The van der Waals surface area contributed by atoms with Crippen LogP contribution < -0.4 is 0 Å². The average Bonchev–Trinajstić information content (AvgIpc) is 2.20. The van der Waals surface area contributed by atoms with Crippen LogP contribution in [0.3, 0.4) is 0 Å². The highest BCUT2D eigenvalue weighted by molar-refractivity contribution is 4.78. The van der Waals surface area contributed by atoms with E-state index in [2.05, 4.69) is 13.8 Å². The Labute approximate surface area is 87.3 Å². The second kappa shape index (κ2) is 5.72. The Bertz CT molecular complexity index is 144. The minimum Gasteiger partial charge on any atom is -0.396 e. The number of rotatable bonds is 4. The molecule has 0 bridgehead atoms. The van der Waals surface area contributed by atoms with Gasteiger partial charge in [-0.25, -0.2) is 0 Å². The summed E-state index contributed by atoms with van der Waals surface area (Å²) in [4.78, 5) is 0. The lowest BCUT2D eigenvalue weighted by atomic mass is 9.73. The van der Waals surface area contributed by atoms with Crippen LogP contribution in [0, 0.1) is 23.7 Å². The smallest absolute Gasteiger partial charge is 0.0483 e. The van der Waals surface area contributed by atoms with Crippen LogP contribution in [-0.2, 0) is 0 Å². The summed E-state index contributed by atoms with van der Waals surface area (Å²) in [5, 5.41) is 18.2. The molecular formula is C12H24O2. The summed E-state index contributed by atoms with van der Waals surface area (Å²) < 4.78 is 0. The first-order valence-corrected chi connectivity index (χ1v) is 5.90. The van der Waals surface area contributed by atoms with E-state index in [4.69, 9.17) is 10.2 Å². The second-order valence-corrected chi connectivity index (χ2v) is 5.04. The van der Waals surface area contributed by atoms with E-state index in [9.17, 15) is 0 Å². The van der Waals surface area contributed by atoms with Gasteiger partial charge in [-0.15, -0.1) is 0 Å². The number of aliphatic hydroxyl groups excluding tert-OH is 2. The summed E-state index contributed by atoms with van der Waals surface area (Å²) in [5.74, 6) is 2.34. The van der Waals surface area contributed by atoms with Crippen molar-refractivity contribution in [3.63, 3.8) is 0 Å². The molecule has 1 aliphatic rings. The number of hydrogen-bond acceptors (Lipinski definition) is 2. The van der Waals surface area contributed by atoms with E-state index in [0.717, 1.165) is 11.8 Å². The molecule has 0 unspecified atom stereocenters. The molecule has 84 valence electrons. The summed E-state index contributed by atoms with van der Waals surface area (Å²) >= 11 is 0. The summed E-state index contributed by atoms with van der Waals surface area (Å²) in [6.45, 7) is 4.88. The van der Waals surface area contributed by atoms with Gasteiger partial charge in [-0.05, 0) is 43.4 Å². The minimum absolute atomic E-state index is 0.128. The molecule has 0 aromatic rings. The quantitative estimate of drug-likeness (QED) is 0.729. The van der Waals surface area contributed by atoms with Gasteiger partial charge in [0.15, 0.2) is 0 Å². The normalized spacial score (nSPS) is 28.7. The molecule has 0 radical (unpaired) electrons. The van der Waals surface area contributed by atoms with E-state index in [-0.39, 0.29) is 19.1 Å². The Kier molecular flexibility index (Phi) is 4.90. The molecule has 1 aliphatic carbocycles. The molecule has 1 rings (SSSR count). The molecule has 1 saturated carbocycles. The number of hydrogen-bond donors (Lipinski definition) is 2. The molecule has 0 atom stereocenters. The van der Waals surface area contributed by atoms with Crippen molar-refractivity contribution in [1.82, 2.24) is 0 Å². The van der Waals surface area contributed by atoms with Crippen molar-refractivity contribution in [2.45, 2.75) is 39.5 Å². The van der Waals surface area contributed by atoms with Crippen LogP contribution in [0.25, 0.3) is 0 Å². The first-order valence-electron chi connectivity index (χ1n) is 5.90. The van der Waals surface area contributed by atoms with E-state index in [1.807, 2.05) is 0 Å². The highest BCUT2D eigenvalue weighted by Gasteiger charge is 2.27. The molecule has 0 aliphatic heterocycles. The Morgan fingerprint density at radius 3 is 1.71 bits per heavy atom. The van der Waals surface area contributed by atoms with Crippen molar-refractivity contribution >= 4 is 0 Å². The Morgan fingerprint density at radius 1 is 0.929 bits per heavy atom. The predicted octanol–water partition coefficient (Wildman–Crippen LogP) is 2.05. The standard InChI is InChI=1S/C12H24O2/c1-9(2)10-3-5-11(6-4-10)12(7-13)8-14/h9-14H,3-8H2,1-2H3. The van der Waals surface area contributed by atoms with Gasteiger partial charge >= 0.3 is 0 Å². The Balaban J connectivity index is 2.34. The van der Waals surface area contributed by atoms with Crippen molar-refractivity contribution < 1.29 is 10.2 Å².